The van der Waals surface area contributed by atoms with Crippen molar-refractivity contribution in [2.24, 2.45) is 0 Å². The third-order valence-electron chi connectivity index (χ3n) is 1.52. The van der Waals surface area contributed by atoms with Gasteiger partial charge in [0.2, 0.25) is 0 Å². The largest absolute Gasteiger partial charge is 0.351 e. The van der Waals surface area contributed by atoms with Gasteiger partial charge in [-0.05, 0) is 12.1 Å². The van der Waals surface area contributed by atoms with Crippen LogP contribution in [0.15, 0.2) is 18.3 Å². The summed E-state index contributed by atoms with van der Waals surface area (Å²) in [7, 11) is 0. The van der Waals surface area contributed by atoms with Gasteiger partial charge in [-0.1, -0.05) is 0 Å². The zero-order valence-electron chi connectivity index (χ0n) is 7.33. The average molecular weight is 210 g/mol. The first kappa shape index (κ1) is 10.5. The van der Waals surface area contributed by atoms with Gasteiger partial charge in [-0.25, -0.2) is 4.98 Å². The molecule has 1 aromatic rings. The lowest BCUT2D eigenvalue weighted by Gasteiger charge is -2.01. The van der Waals surface area contributed by atoms with Crippen molar-refractivity contribution in [3.63, 3.8) is 0 Å². The molecule has 1 aromatic heterocycles. The minimum atomic E-state index is -0.234. The highest BCUT2D eigenvalue weighted by Gasteiger charge is 2.04. The lowest BCUT2D eigenvalue weighted by atomic mass is 10.2. The molecule has 0 atom stereocenters. The Morgan fingerprint density at radius 1 is 1.64 bits per heavy atom. The van der Waals surface area contributed by atoms with E-state index in [1.807, 2.05) is 6.07 Å². The van der Waals surface area contributed by atoms with Crippen LogP contribution in [0.25, 0.3) is 0 Å². The Kier molecular flexibility index (Phi) is 3.89. The number of aromatic nitrogens is 1. The highest BCUT2D eigenvalue weighted by Crippen LogP contribution is 1.98. The van der Waals surface area contributed by atoms with E-state index < -0.39 is 0 Å². The summed E-state index contributed by atoms with van der Waals surface area (Å²) in [6.45, 7) is 0.417. The van der Waals surface area contributed by atoms with Crippen LogP contribution in [0.5, 0.6) is 0 Å². The van der Waals surface area contributed by atoms with Gasteiger partial charge in [0.05, 0.1) is 5.56 Å². The second-order valence-corrected chi connectivity index (χ2v) is 2.87. The molecule has 0 aromatic carbocycles. The summed E-state index contributed by atoms with van der Waals surface area (Å²) in [4.78, 5) is 15.1. The maximum Gasteiger partial charge on any atom is 0.252 e. The van der Waals surface area contributed by atoms with E-state index >= 15 is 0 Å². The van der Waals surface area contributed by atoms with Crippen molar-refractivity contribution in [2.75, 3.05) is 12.4 Å². The van der Waals surface area contributed by atoms with Crippen LogP contribution >= 0.6 is 11.6 Å². The predicted molar refractivity (Wildman–Crippen MR) is 52.0 cm³/mol. The van der Waals surface area contributed by atoms with Crippen LogP contribution < -0.4 is 5.32 Å². The van der Waals surface area contributed by atoms with Crippen LogP contribution in [-0.4, -0.2) is 23.3 Å². The monoisotopic (exact) mass is 209 g/mol. The van der Waals surface area contributed by atoms with Gasteiger partial charge < -0.3 is 5.32 Å². The predicted octanol–water partition coefficient (Wildman–Crippen LogP) is 0.922. The highest BCUT2D eigenvalue weighted by molar-refractivity contribution is 6.18. The van der Waals surface area contributed by atoms with E-state index in [1.54, 1.807) is 6.07 Å². The van der Waals surface area contributed by atoms with Gasteiger partial charge in [0.25, 0.3) is 5.91 Å². The fourth-order valence-electron chi connectivity index (χ4n) is 0.857. The maximum atomic E-state index is 11.3. The number of alkyl halides is 1. The van der Waals surface area contributed by atoms with Gasteiger partial charge in [-0.15, -0.1) is 11.6 Å². The quantitative estimate of drug-likeness (QED) is 0.753. The SMILES string of the molecule is N#Cc1ccc(C(=O)NCCCl)cn1. The van der Waals surface area contributed by atoms with E-state index in [2.05, 4.69) is 10.3 Å². The molecule has 0 aliphatic rings. The van der Waals surface area contributed by atoms with Crippen molar-refractivity contribution < 1.29 is 4.79 Å². The molecule has 4 nitrogen and oxygen atoms in total. The zero-order valence-corrected chi connectivity index (χ0v) is 8.08. The summed E-state index contributed by atoms with van der Waals surface area (Å²) in [5.41, 5.74) is 0.716. The van der Waals surface area contributed by atoms with Crippen molar-refractivity contribution >= 4 is 17.5 Å². The molecule has 1 amide bonds. The third kappa shape index (κ3) is 2.71. The Morgan fingerprint density at radius 3 is 2.93 bits per heavy atom. The zero-order chi connectivity index (χ0) is 10.4. The summed E-state index contributed by atoms with van der Waals surface area (Å²) < 4.78 is 0. The average Bonchev–Trinajstić information content (AvgIpc) is 2.26. The maximum absolute atomic E-state index is 11.3. The molecule has 0 radical (unpaired) electrons. The fourth-order valence-corrected chi connectivity index (χ4v) is 0.952. The molecule has 0 spiro atoms. The molecule has 0 unspecified atom stereocenters. The number of nitriles is 1. The molecule has 0 aliphatic heterocycles. The third-order valence-corrected chi connectivity index (χ3v) is 1.71. The topological polar surface area (TPSA) is 65.8 Å². The smallest absolute Gasteiger partial charge is 0.252 e. The second kappa shape index (κ2) is 5.20. The van der Waals surface area contributed by atoms with Crippen LogP contribution in [0.2, 0.25) is 0 Å². The van der Waals surface area contributed by atoms with E-state index in [0.717, 1.165) is 0 Å². The number of carbonyl (C=O) groups excluding carboxylic acids is 1. The number of nitrogens with zero attached hydrogens (tertiary/aromatic N) is 2. The molecule has 0 saturated heterocycles. The molecule has 1 heterocycles. The van der Waals surface area contributed by atoms with Gasteiger partial charge in [-0.2, -0.15) is 5.26 Å². The summed E-state index contributed by atoms with van der Waals surface area (Å²) in [5.74, 6) is 0.137. The Morgan fingerprint density at radius 2 is 2.43 bits per heavy atom. The van der Waals surface area contributed by atoms with Crippen molar-refractivity contribution in [2.45, 2.75) is 0 Å². The minimum Gasteiger partial charge on any atom is -0.351 e. The Balaban J connectivity index is 2.68. The summed E-state index contributed by atoms with van der Waals surface area (Å²) in [6.07, 6.45) is 1.36. The molecular weight excluding hydrogens is 202 g/mol. The van der Waals surface area contributed by atoms with Gasteiger partial charge in [0.1, 0.15) is 11.8 Å². The minimum absolute atomic E-state index is 0.234. The first-order valence-corrected chi connectivity index (χ1v) is 4.51. The molecule has 1 N–H and O–H groups in total. The van der Waals surface area contributed by atoms with Gasteiger partial charge >= 0.3 is 0 Å². The number of amides is 1. The standard InChI is InChI=1S/C9H8ClN3O/c10-3-4-12-9(14)7-1-2-8(5-11)13-6-7/h1-2,6H,3-4H2,(H,12,14). The highest BCUT2D eigenvalue weighted by atomic mass is 35.5. The van der Waals surface area contributed by atoms with Crippen molar-refractivity contribution in [1.29, 1.82) is 5.26 Å². The normalized spacial score (nSPS) is 9.14. The van der Waals surface area contributed by atoms with E-state index in [0.29, 0.717) is 23.7 Å². The lowest BCUT2D eigenvalue weighted by molar-refractivity contribution is 0.0955. The van der Waals surface area contributed by atoms with Gasteiger partial charge in [0.15, 0.2) is 0 Å². The molecule has 1 rings (SSSR count). The number of carbonyl (C=O) groups is 1. The second-order valence-electron chi connectivity index (χ2n) is 2.49. The number of pyridine rings is 1. The van der Waals surface area contributed by atoms with Crippen LogP contribution in [0.1, 0.15) is 16.1 Å². The van der Waals surface area contributed by atoms with E-state index in [-0.39, 0.29) is 5.91 Å². The van der Waals surface area contributed by atoms with Crippen LogP contribution in [0.3, 0.4) is 0 Å². The summed E-state index contributed by atoms with van der Waals surface area (Å²) in [6, 6.07) is 4.92. The molecule has 0 bridgehead atoms. The fraction of sp³-hybridized carbons (Fsp3) is 0.222. The first-order valence-electron chi connectivity index (χ1n) is 3.98. The number of hydrogen-bond acceptors (Lipinski definition) is 3. The molecule has 0 aliphatic carbocycles. The van der Waals surface area contributed by atoms with Crippen molar-refractivity contribution in [1.82, 2.24) is 10.3 Å². The van der Waals surface area contributed by atoms with Crippen molar-refractivity contribution in [3.05, 3.63) is 29.6 Å². The Labute approximate surface area is 86.5 Å². The van der Waals surface area contributed by atoms with E-state index in [9.17, 15) is 4.79 Å². The van der Waals surface area contributed by atoms with Crippen LogP contribution in [0.4, 0.5) is 0 Å². The van der Waals surface area contributed by atoms with E-state index in [1.165, 1.54) is 12.3 Å². The summed E-state index contributed by atoms with van der Waals surface area (Å²) in [5, 5.41) is 11.1. The molecule has 0 fully saturated rings. The number of hydrogen-bond donors (Lipinski definition) is 1. The number of halogens is 1. The first-order chi connectivity index (χ1) is 6.77. The Hall–Kier alpha value is -1.60. The molecule has 14 heavy (non-hydrogen) atoms. The van der Waals surface area contributed by atoms with Crippen molar-refractivity contribution in [3.8, 4) is 6.07 Å². The lowest BCUT2D eigenvalue weighted by Crippen LogP contribution is -2.25. The molecule has 0 saturated carbocycles. The van der Waals surface area contributed by atoms with Gasteiger partial charge in [-0.3, -0.25) is 4.79 Å². The van der Waals surface area contributed by atoms with E-state index in [4.69, 9.17) is 16.9 Å². The molecule has 72 valence electrons. The number of nitrogens with one attached hydrogen (secondary N) is 1. The summed E-state index contributed by atoms with van der Waals surface area (Å²) >= 11 is 5.41. The van der Waals surface area contributed by atoms with Crippen LogP contribution in [0, 0.1) is 11.3 Å². The van der Waals surface area contributed by atoms with Crippen LogP contribution in [-0.2, 0) is 0 Å². The Bertz CT molecular complexity index is 355. The molecular formula is C9H8ClN3O. The molecule has 5 heteroatoms. The van der Waals surface area contributed by atoms with Gasteiger partial charge in [0, 0.05) is 18.6 Å². The number of rotatable bonds is 3.